The fourth-order valence-corrected chi connectivity index (χ4v) is 1.47. The molecule has 4 N–H and O–H groups in total. The van der Waals surface area contributed by atoms with Gasteiger partial charge in [-0.25, -0.2) is 0 Å². The van der Waals surface area contributed by atoms with Gasteiger partial charge < -0.3 is 20.9 Å². The molecular formula is C11H26N2O2. The van der Waals surface area contributed by atoms with Crippen LogP contribution in [0.25, 0.3) is 0 Å². The summed E-state index contributed by atoms with van der Waals surface area (Å²) in [5.74, 6) is 0. The van der Waals surface area contributed by atoms with Gasteiger partial charge in [-0.15, -0.1) is 0 Å². The minimum atomic E-state index is -0.405. The summed E-state index contributed by atoms with van der Waals surface area (Å²) in [6, 6.07) is 0. The van der Waals surface area contributed by atoms with Gasteiger partial charge in [-0.05, 0) is 34.6 Å². The summed E-state index contributed by atoms with van der Waals surface area (Å²) >= 11 is 0. The molecule has 0 aromatic carbocycles. The second-order valence-corrected chi connectivity index (χ2v) is 4.68. The molecule has 0 saturated heterocycles. The van der Waals surface area contributed by atoms with E-state index < -0.39 is 5.60 Å². The molecule has 0 radical (unpaired) electrons. The summed E-state index contributed by atoms with van der Waals surface area (Å²) in [6.07, 6.45) is 0.0610. The van der Waals surface area contributed by atoms with Crippen LogP contribution in [0.1, 0.15) is 34.6 Å². The average Bonchev–Trinajstić information content (AvgIpc) is 2.12. The molecule has 0 amide bonds. The molecule has 15 heavy (non-hydrogen) atoms. The van der Waals surface area contributed by atoms with Gasteiger partial charge >= 0.3 is 0 Å². The van der Waals surface area contributed by atoms with Crippen molar-refractivity contribution < 1.29 is 9.47 Å². The highest BCUT2D eigenvalue weighted by Crippen LogP contribution is 2.20. The van der Waals surface area contributed by atoms with E-state index >= 15 is 0 Å². The van der Waals surface area contributed by atoms with Crippen LogP contribution < -0.4 is 11.5 Å². The SMILES string of the molecule is CC(C)OC(CN)C(C)(C)OC(C)CN. The quantitative estimate of drug-likeness (QED) is 0.665. The van der Waals surface area contributed by atoms with Crippen molar-refractivity contribution in [1.82, 2.24) is 0 Å². The van der Waals surface area contributed by atoms with Gasteiger partial charge in [0.25, 0.3) is 0 Å². The van der Waals surface area contributed by atoms with Gasteiger partial charge in [-0.3, -0.25) is 0 Å². The van der Waals surface area contributed by atoms with Crippen LogP contribution in [0.2, 0.25) is 0 Å². The van der Waals surface area contributed by atoms with E-state index in [1.807, 2.05) is 34.6 Å². The second-order valence-electron chi connectivity index (χ2n) is 4.68. The monoisotopic (exact) mass is 218 g/mol. The topological polar surface area (TPSA) is 70.5 Å². The van der Waals surface area contributed by atoms with E-state index in [4.69, 9.17) is 20.9 Å². The molecule has 0 bridgehead atoms. The smallest absolute Gasteiger partial charge is 0.0984 e. The molecular weight excluding hydrogens is 192 g/mol. The van der Waals surface area contributed by atoms with Crippen LogP contribution in [-0.4, -0.2) is 37.0 Å². The molecule has 2 atom stereocenters. The molecule has 0 heterocycles. The number of hydrogen-bond donors (Lipinski definition) is 2. The Morgan fingerprint density at radius 2 is 1.60 bits per heavy atom. The van der Waals surface area contributed by atoms with Gasteiger partial charge in [0.1, 0.15) is 0 Å². The first-order chi connectivity index (χ1) is 6.83. The van der Waals surface area contributed by atoms with Crippen molar-refractivity contribution in [2.24, 2.45) is 11.5 Å². The first-order valence-electron chi connectivity index (χ1n) is 5.56. The largest absolute Gasteiger partial charge is 0.371 e. The highest BCUT2D eigenvalue weighted by atomic mass is 16.6. The first-order valence-corrected chi connectivity index (χ1v) is 5.56. The zero-order valence-corrected chi connectivity index (χ0v) is 10.6. The predicted molar refractivity (Wildman–Crippen MR) is 62.7 cm³/mol. The fraction of sp³-hybridized carbons (Fsp3) is 1.00. The molecule has 0 rings (SSSR count). The van der Waals surface area contributed by atoms with Crippen LogP contribution in [-0.2, 0) is 9.47 Å². The Morgan fingerprint density at radius 3 is 1.93 bits per heavy atom. The van der Waals surface area contributed by atoms with Gasteiger partial charge in [0.05, 0.1) is 23.9 Å². The second kappa shape index (κ2) is 6.43. The Labute approximate surface area is 93.3 Å². The maximum Gasteiger partial charge on any atom is 0.0984 e. The maximum absolute atomic E-state index is 5.81. The Morgan fingerprint density at radius 1 is 1.07 bits per heavy atom. The van der Waals surface area contributed by atoms with E-state index in [1.54, 1.807) is 0 Å². The standard InChI is InChI=1S/C11H26N2O2/c1-8(2)14-10(7-13)11(4,5)15-9(3)6-12/h8-10H,6-7,12-13H2,1-5H3. The molecule has 0 aliphatic rings. The molecule has 0 aromatic heterocycles. The fourth-order valence-electron chi connectivity index (χ4n) is 1.47. The minimum Gasteiger partial charge on any atom is -0.371 e. The van der Waals surface area contributed by atoms with E-state index in [9.17, 15) is 0 Å². The van der Waals surface area contributed by atoms with Crippen molar-refractivity contribution in [2.45, 2.75) is 58.5 Å². The normalized spacial score (nSPS) is 16.8. The van der Waals surface area contributed by atoms with Crippen LogP contribution >= 0.6 is 0 Å². The van der Waals surface area contributed by atoms with Crippen molar-refractivity contribution >= 4 is 0 Å². The predicted octanol–water partition coefficient (Wildman–Crippen LogP) is 0.881. The van der Waals surface area contributed by atoms with Gasteiger partial charge in [-0.2, -0.15) is 0 Å². The number of rotatable bonds is 7. The van der Waals surface area contributed by atoms with Crippen LogP contribution in [0.3, 0.4) is 0 Å². The van der Waals surface area contributed by atoms with E-state index in [1.165, 1.54) is 0 Å². The molecule has 0 aliphatic carbocycles. The molecule has 0 aliphatic heterocycles. The number of ether oxygens (including phenoxy) is 2. The Kier molecular flexibility index (Phi) is 6.36. The lowest BCUT2D eigenvalue weighted by Gasteiger charge is -2.36. The minimum absolute atomic E-state index is 0.0183. The maximum atomic E-state index is 5.81. The third-order valence-corrected chi connectivity index (χ3v) is 2.26. The molecule has 0 aromatic rings. The highest BCUT2D eigenvalue weighted by Gasteiger charge is 2.32. The summed E-state index contributed by atoms with van der Waals surface area (Å²) < 4.78 is 11.5. The van der Waals surface area contributed by atoms with E-state index in [0.717, 1.165) is 0 Å². The van der Waals surface area contributed by atoms with Crippen LogP contribution in [0.5, 0.6) is 0 Å². The van der Waals surface area contributed by atoms with Crippen molar-refractivity contribution in [2.75, 3.05) is 13.1 Å². The molecule has 0 saturated carbocycles. The molecule has 0 spiro atoms. The summed E-state index contributed by atoms with van der Waals surface area (Å²) in [6.45, 7) is 10.9. The van der Waals surface area contributed by atoms with Crippen molar-refractivity contribution in [1.29, 1.82) is 0 Å². The van der Waals surface area contributed by atoms with Crippen molar-refractivity contribution in [3.05, 3.63) is 0 Å². The highest BCUT2D eigenvalue weighted by molar-refractivity contribution is 4.83. The lowest BCUT2D eigenvalue weighted by molar-refractivity contribution is -0.156. The van der Waals surface area contributed by atoms with Gasteiger partial charge in [-0.1, -0.05) is 0 Å². The average molecular weight is 218 g/mol. The Balaban J connectivity index is 4.36. The van der Waals surface area contributed by atoms with Gasteiger partial charge in [0.2, 0.25) is 0 Å². The first kappa shape index (κ1) is 14.8. The molecule has 0 fully saturated rings. The lowest BCUT2D eigenvalue weighted by Crippen LogP contribution is -2.49. The summed E-state index contributed by atoms with van der Waals surface area (Å²) in [7, 11) is 0. The van der Waals surface area contributed by atoms with Crippen molar-refractivity contribution in [3.63, 3.8) is 0 Å². The van der Waals surface area contributed by atoms with Crippen molar-refractivity contribution in [3.8, 4) is 0 Å². The van der Waals surface area contributed by atoms with Gasteiger partial charge in [0, 0.05) is 13.1 Å². The third kappa shape index (κ3) is 5.47. The number of hydrogen-bond acceptors (Lipinski definition) is 4. The zero-order chi connectivity index (χ0) is 12.1. The molecule has 4 heteroatoms. The third-order valence-electron chi connectivity index (χ3n) is 2.26. The zero-order valence-electron chi connectivity index (χ0n) is 10.6. The lowest BCUT2D eigenvalue weighted by atomic mass is 10.0. The van der Waals surface area contributed by atoms with E-state index in [-0.39, 0.29) is 18.3 Å². The number of nitrogens with two attached hydrogens (primary N) is 2. The van der Waals surface area contributed by atoms with Crippen LogP contribution in [0.4, 0.5) is 0 Å². The van der Waals surface area contributed by atoms with E-state index in [2.05, 4.69) is 0 Å². The summed E-state index contributed by atoms with van der Waals surface area (Å²) in [5.41, 5.74) is 10.8. The van der Waals surface area contributed by atoms with E-state index in [0.29, 0.717) is 13.1 Å². The van der Waals surface area contributed by atoms with Crippen LogP contribution in [0.15, 0.2) is 0 Å². The Bertz CT molecular complexity index is 172. The summed E-state index contributed by atoms with van der Waals surface area (Å²) in [5, 5.41) is 0. The van der Waals surface area contributed by atoms with Gasteiger partial charge in [0.15, 0.2) is 0 Å². The Hall–Kier alpha value is -0.160. The molecule has 2 unspecified atom stereocenters. The summed E-state index contributed by atoms with van der Waals surface area (Å²) in [4.78, 5) is 0. The molecule has 4 nitrogen and oxygen atoms in total. The molecule has 92 valence electrons. The van der Waals surface area contributed by atoms with Crippen LogP contribution in [0, 0.1) is 0 Å².